The Kier molecular flexibility index (Phi) is 3.09. The van der Waals surface area contributed by atoms with Gasteiger partial charge >= 0.3 is 0 Å². The predicted octanol–water partition coefficient (Wildman–Crippen LogP) is 2.55. The molecule has 4 nitrogen and oxygen atoms in total. The van der Waals surface area contributed by atoms with Crippen molar-refractivity contribution in [3.8, 4) is 0 Å². The largest absolute Gasteiger partial charge is 0.464 e. The second-order valence-electron chi connectivity index (χ2n) is 4.14. The number of fused-ring (bicyclic) bond motifs is 3. The molecule has 3 aromatic rings. The third-order valence-corrected chi connectivity index (χ3v) is 2.69. The molecule has 1 aromatic carbocycles. The minimum absolute atomic E-state index is 0. The molecule has 5 heteroatoms. The van der Waals surface area contributed by atoms with Gasteiger partial charge in [0.05, 0.1) is 24.5 Å². The molecule has 1 unspecified atom stereocenters. The van der Waals surface area contributed by atoms with Crippen LogP contribution in [-0.2, 0) is 6.54 Å². The van der Waals surface area contributed by atoms with Gasteiger partial charge in [0.15, 0.2) is 0 Å². The predicted molar refractivity (Wildman–Crippen MR) is 70.4 cm³/mol. The number of nitrogens with two attached hydrogens (primary N) is 1. The van der Waals surface area contributed by atoms with Crippen molar-refractivity contribution < 1.29 is 4.42 Å². The molecule has 90 valence electrons. The van der Waals surface area contributed by atoms with E-state index in [-0.39, 0.29) is 18.4 Å². The molecule has 0 aliphatic heterocycles. The number of furan rings is 1. The van der Waals surface area contributed by atoms with Gasteiger partial charge in [0.2, 0.25) is 0 Å². The first-order valence-electron chi connectivity index (χ1n) is 5.33. The number of halogens is 1. The fourth-order valence-electron chi connectivity index (χ4n) is 2.04. The minimum atomic E-state index is 0. The van der Waals surface area contributed by atoms with Gasteiger partial charge in [0.1, 0.15) is 5.58 Å². The van der Waals surface area contributed by atoms with Crippen molar-refractivity contribution in [3.63, 3.8) is 0 Å². The Morgan fingerprint density at radius 3 is 3.00 bits per heavy atom. The topological polar surface area (TPSA) is 57.0 Å². The van der Waals surface area contributed by atoms with Crippen LogP contribution in [0.25, 0.3) is 21.9 Å². The molecule has 0 spiro atoms. The van der Waals surface area contributed by atoms with Gasteiger partial charge in [-0.25, -0.2) is 0 Å². The van der Waals surface area contributed by atoms with Gasteiger partial charge in [-0.3, -0.25) is 4.68 Å². The van der Waals surface area contributed by atoms with Crippen molar-refractivity contribution in [2.45, 2.75) is 19.5 Å². The Morgan fingerprint density at radius 2 is 2.24 bits per heavy atom. The van der Waals surface area contributed by atoms with E-state index in [1.807, 2.05) is 36.0 Å². The highest BCUT2D eigenvalue weighted by Gasteiger charge is 2.09. The summed E-state index contributed by atoms with van der Waals surface area (Å²) < 4.78 is 7.33. The monoisotopic (exact) mass is 251 g/mol. The van der Waals surface area contributed by atoms with Gasteiger partial charge < -0.3 is 10.2 Å². The van der Waals surface area contributed by atoms with Crippen LogP contribution in [0.1, 0.15) is 6.92 Å². The molecule has 1 atom stereocenters. The fraction of sp³-hybridized carbons (Fsp3) is 0.250. The molecule has 0 saturated heterocycles. The highest BCUT2D eigenvalue weighted by Crippen LogP contribution is 2.25. The Hall–Kier alpha value is -1.52. The maximum absolute atomic E-state index is 5.81. The summed E-state index contributed by atoms with van der Waals surface area (Å²) in [5, 5.41) is 6.57. The Bertz CT molecular complexity index is 641. The molecular formula is C12H14ClN3O. The summed E-state index contributed by atoms with van der Waals surface area (Å²) in [6.07, 6.45) is 3.57. The van der Waals surface area contributed by atoms with Crippen molar-refractivity contribution in [1.29, 1.82) is 0 Å². The van der Waals surface area contributed by atoms with E-state index in [0.717, 1.165) is 21.9 Å². The lowest BCUT2D eigenvalue weighted by molar-refractivity contribution is 0.554. The van der Waals surface area contributed by atoms with Crippen LogP contribution in [0.2, 0.25) is 0 Å². The molecule has 0 amide bonds. The van der Waals surface area contributed by atoms with Gasteiger partial charge in [-0.2, -0.15) is 5.10 Å². The SMILES string of the molecule is CC(N)Cn1ncc2ccc3occc3c21.Cl. The third kappa shape index (κ3) is 1.90. The molecule has 2 heterocycles. The van der Waals surface area contributed by atoms with Gasteiger partial charge in [0.25, 0.3) is 0 Å². The highest BCUT2D eigenvalue weighted by atomic mass is 35.5. The minimum Gasteiger partial charge on any atom is -0.464 e. The van der Waals surface area contributed by atoms with Crippen molar-refractivity contribution in [1.82, 2.24) is 9.78 Å². The molecule has 17 heavy (non-hydrogen) atoms. The maximum Gasteiger partial charge on any atom is 0.136 e. The number of hydrogen-bond acceptors (Lipinski definition) is 3. The molecule has 0 fully saturated rings. The van der Waals surface area contributed by atoms with E-state index in [1.54, 1.807) is 6.26 Å². The second-order valence-corrected chi connectivity index (χ2v) is 4.14. The first-order chi connectivity index (χ1) is 7.75. The van der Waals surface area contributed by atoms with Gasteiger partial charge in [-0.1, -0.05) is 0 Å². The van der Waals surface area contributed by atoms with Crippen LogP contribution in [0, 0.1) is 0 Å². The summed E-state index contributed by atoms with van der Waals surface area (Å²) in [7, 11) is 0. The molecule has 3 rings (SSSR count). The molecule has 0 bridgehead atoms. The average Bonchev–Trinajstić information content (AvgIpc) is 2.82. The molecular weight excluding hydrogens is 238 g/mol. The molecule has 2 aromatic heterocycles. The van der Waals surface area contributed by atoms with Crippen LogP contribution >= 0.6 is 12.4 Å². The Balaban J connectivity index is 0.00000108. The average molecular weight is 252 g/mol. The first-order valence-corrected chi connectivity index (χ1v) is 5.33. The summed E-state index contributed by atoms with van der Waals surface area (Å²) in [6.45, 7) is 2.69. The lowest BCUT2D eigenvalue weighted by Crippen LogP contribution is -2.22. The van der Waals surface area contributed by atoms with Crippen LogP contribution in [0.4, 0.5) is 0 Å². The van der Waals surface area contributed by atoms with E-state index < -0.39 is 0 Å². The fourth-order valence-corrected chi connectivity index (χ4v) is 2.04. The van der Waals surface area contributed by atoms with Crippen molar-refractivity contribution in [2.75, 3.05) is 0 Å². The zero-order valence-electron chi connectivity index (χ0n) is 9.46. The van der Waals surface area contributed by atoms with Crippen LogP contribution in [0.15, 0.2) is 35.1 Å². The second kappa shape index (κ2) is 4.39. The lowest BCUT2D eigenvalue weighted by atomic mass is 10.2. The quantitative estimate of drug-likeness (QED) is 0.762. The number of hydrogen-bond donors (Lipinski definition) is 1. The van der Waals surface area contributed by atoms with E-state index in [1.165, 1.54) is 0 Å². The van der Waals surface area contributed by atoms with Gasteiger partial charge in [-0.05, 0) is 25.1 Å². The normalized spacial score (nSPS) is 12.8. The van der Waals surface area contributed by atoms with Crippen LogP contribution < -0.4 is 5.73 Å². The summed E-state index contributed by atoms with van der Waals surface area (Å²) >= 11 is 0. The standard InChI is InChI=1S/C12H13N3O.ClH/c1-8(13)7-15-12-9(6-14-15)2-3-11-10(12)4-5-16-11;/h2-6,8H,7,13H2,1H3;1H. The van der Waals surface area contributed by atoms with Crippen molar-refractivity contribution in [3.05, 3.63) is 30.7 Å². The molecule has 0 radical (unpaired) electrons. The van der Waals surface area contributed by atoms with Crippen LogP contribution in [0.5, 0.6) is 0 Å². The van der Waals surface area contributed by atoms with Crippen molar-refractivity contribution >= 4 is 34.3 Å². The van der Waals surface area contributed by atoms with Crippen LogP contribution in [-0.4, -0.2) is 15.8 Å². The van der Waals surface area contributed by atoms with E-state index >= 15 is 0 Å². The van der Waals surface area contributed by atoms with Crippen molar-refractivity contribution in [2.24, 2.45) is 5.73 Å². The number of rotatable bonds is 2. The zero-order valence-corrected chi connectivity index (χ0v) is 10.3. The summed E-state index contributed by atoms with van der Waals surface area (Å²) in [5.41, 5.74) is 7.80. The van der Waals surface area contributed by atoms with E-state index in [0.29, 0.717) is 6.54 Å². The smallest absolute Gasteiger partial charge is 0.136 e. The lowest BCUT2D eigenvalue weighted by Gasteiger charge is -2.06. The summed E-state index contributed by atoms with van der Waals surface area (Å²) in [6, 6.07) is 6.04. The summed E-state index contributed by atoms with van der Waals surface area (Å²) in [4.78, 5) is 0. The van der Waals surface area contributed by atoms with Gasteiger partial charge in [0, 0.05) is 16.8 Å². The Labute approximate surface area is 105 Å². The van der Waals surface area contributed by atoms with Gasteiger partial charge in [-0.15, -0.1) is 12.4 Å². The number of benzene rings is 1. The molecule has 0 aliphatic carbocycles. The Morgan fingerprint density at radius 1 is 1.41 bits per heavy atom. The summed E-state index contributed by atoms with van der Waals surface area (Å²) in [5.74, 6) is 0. The first kappa shape index (κ1) is 12.0. The number of aromatic nitrogens is 2. The van der Waals surface area contributed by atoms with Crippen LogP contribution in [0.3, 0.4) is 0 Å². The third-order valence-electron chi connectivity index (χ3n) is 2.69. The molecule has 2 N–H and O–H groups in total. The maximum atomic E-state index is 5.81. The van der Waals surface area contributed by atoms with E-state index in [4.69, 9.17) is 10.2 Å². The highest BCUT2D eigenvalue weighted by molar-refractivity contribution is 6.03. The number of nitrogens with zero attached hydrogens (tertiary/aromatic N) is 2. The molecule has 0 aliphatic rings. The zero-order chi connectivity index (χ0) is 11.1. The molecule has 0 saturated carbocycles. The van der Waals surface area contributed by atoms with E-state index in [9.17, 15) is 0 Å². The van der Waals surface area contributed by atoms with E-state index in [2.05, 4.69) is 5.10 Å².